The minimum Gasteiger partial charge on any atom is -0.393 e. The Balaban J connectivity index is 3.18. The van der Waals surface area contributed by atoms with E-state index in [0.717, 1.165) is 12.4 Å². The van der Waals surface area contributed by atoms with E-state index in [4.69, 9.17) is 5.11 Å². The summed E-state index contributed by atoms with van der Waals surface area (Å²) in [6.07, 6.45) is -3.40. The standard InChI is InChI=1S/C7H6BrF3N2O2/c8-5-12-1-4(2-13-5)6(15,3-14)7(9,10)11/h1-2,14-15H,3H2. The Kier molecular flexibility index (Phi) is 3.31. The minimum absolute atomic E-state index is 0.0914. The maximum atomic E-state index is 12.4. The molecule has 0 bridgehead atoms. The second-order valence-corrected chi connectivity index (χ2v) is 3.47. The van der Waals surface area contributed by atoms with Crippen molar-refractivity contribution in [1.29, 1.82) is 0 Å². The van der Waals surface area contributed by atoms with E-state index < -0.39 is 23.9 Å². The van der Waals surface area contributed by atoms with Gasteiger partial charge in [0.1, 0.15) is 0 Å². The lowest BCUT2D eigenvalue weighted by Gasteiger charge is -2.27. The highest BCUT2D eigenvalue weighted by Crippen LogP contribution is 2.37. The highest BCUT2D eigenvalue weighted by molar-refractivity contribution is 9.10. The molecule has 0 aliphatic carbocycles. The van der Waals surface area contributed by atoms with Gasteiger partial charge in [-0.2, -0.15) is 13.2 Å². The second kappa shape index (κ2) is 4.03. The summed E-state index contributed by atoms with van der Waals surface area (Å²) in [5.74, 6) is 0. The molecule has 4 nitrogen and oxygen atoms in total. The lowest BCUT2D eigenvalue weighted by molar-refractivity contribution is -0.277. The van der Waals surface area contributed by atoms with Gasteiger partial charge in [0, 0.05) is 18.0 Å². The average Bonchev–Trinajstić information content (AvgIpc) is 2.16. The van der Waals surface area contributed by atoms with Gasteiger partial charge in [-0.3, -0.25) is 0 Å². The maximum absolute atomic E-state index is 12.4. The molecule has 1 atom stereocenters. The Morgan fingerprint density at radius 3 is 2.07 bits per heavy atom. The van der Waals surface area contributed by atoms with Gasteiger partial charge in [0.05, 0.1) is 6.61 Å². The summed E-state index contributed by atoms with van der Waals surface area (Å²) in [5.41, 5.74) is -3.94. The van der Waals surface area contributed by atoms with Crippen molar-refractivity contribution in [2.45, 2.75) is 11.8 Å². The molecule has 2 N–H and O–H groups in total. The van der Waals surface area contributed by atoms with Crippen LogP contribution >= 0.6 is 15.9 Å². The van der Waals surface area contributed by atoms with Gasteiger partial charge in [-0.05, 0) is 15.9 Å². The number of alkyl halides is 3. The van der Waals surface area contributed by atoms with E-state index in [1.165, 1.54) is 0 Å². The van der Waals surface area contributed by atoms with Crippen molar-refractivity contribution in [1.82, 2.24) is 9.97 Å². The smallest absolute Gasteiger partial charge is 0.393 e. The van der Waals surface area contributed by atoms with Crippen LogP contribution in [0.5, 0.6) is 0 Å². The summed E-state index contributed by atoms with van der Waals surface area (Å²) in [6.45, 7) is -1.48. The van der Waals surface area contributed by atoms with Crippen LogP contribution < -0.4 is 0 Å². The molecule has 0 spiro atoms. The van der Waals surface area contributed by atoms with Crippen molar-refractivity contribution < 1.29 is 23.4 Å². The summed E-state index contributed by atoms with van der Waals surface area (Å²) in [7, 11) is 0. The van der Waals surface area contributed by atoms with Gasteiger partial charge in [0.15, 0.2) is 4.73 Å². The third kappa shape index (κ3) is 2.27. The van der Waals surface area contributed by atoms with Gasteiger partial charge in [-0.25, -0.2) is 9.97 Å². The molecule has 0 radical (unpaired) electrons. The summed E-state index contributed by atoms with van der Waals surface area (Å²) >= 11 is 2.84. The largest absolute Gasteiger partial charge is 0.423 e. The Morgan fingerprint density at radius 1 is 1.27 bits per heavy atom. The van der Waals surface area contributed by atoms with Gasteiger partial charge < -0.3 is 10.2 Å². The monoisotopic (exact) mass is 286 g/mol. The topological polar surface area (TPSA) is 66.2 Å². The first-order valence-electron chi connectivity index (χ1n) is 3.69. The van der Waals surface area contributed by atoms with Crippen LogP contribution in [0.4, 0.5) is 13.2 Å². The third-order valence-corrected chi connectivity index (χ3v) is 2.21. The summed E-state index contributed by atoms with van der Waals surface area (Å²) in [4.78, 5) is 6.88. The number of aliphatic hydroxyl groups excluding tert-OH is 1. The van der Waals surface area contributed by atoms with Gasteiger partial charge in [0.25, 0.3) is 0 Å². The molecule has 1 aromatic rings. The molecule has 0 aliphatic rings. The molecule has 0 fully saturated rings. The summed E-state index contributed by atoms with van der Waals surface area (Å²) < 4.78 is 37.3. The fraction of sp³-hybridized carbons (Fsp3) is 0.429. The molecular formula is C7H6BrF3N2O2. The number of hydrogen-bond donors (Lipinski definition) is 2. The predicted octanol–water partition coefficient (Wildman–Crippen LogP) is 0.981. The molecule has 0 aliphatic heterocycles. The van der Waals surface area contributed by atoms with E-state index in [0.29, 0.717) is 0 Å². The second-order valence-electron chi connectivity index (χ2n) is 2.76. The van der Waals surface area contributed by atoms with Crippen LogP contribution in [0.1, 0.15) is 5.56 Å². The van der Waals surface area contributed by atoms with Crippen molar-refractivity contribution in [2.75, 3.05) is 6.61 Å². The third-order valence-electron chi connectivity index (χ3n) is 1.80. The Morgan fingerprint density at radius 2 is 1.73 bits per heavy atom. The van der Waals surface area contributed by atoms with Crippen LogP contribution in [0.3, 0.4) is 0 Å². The van der Waals surface area contributed by atoms with Crippen molar-refractivity contribution in [3.63, 3.8) is 0 Å². The van der Waals surface area contributed by atoms with Gasteiger partial charge in [0.2, 0.25) is 5.60 Å². The zero-order valence-electron chi connectivity index (χ0n) is 7.16. The van der Waals surface area contributed by atoms with Crippen molar-refractivity contribution in [3.05, 3.63) is 22.7 Å². The van der Waals surface area contributed by atoms with Crippen LogP contribution in [-0.2, 0) is 5.60 Å². The van der Waals surface area contributed by atoms with Crippen LogP contribution in [0.15, 0.2) is 17.1 Å². The summed E-state index contributed by atoms with van der Waals surface area (Å²) in [6, 6.07) is 0. The van der Waals surface area contributed by atoms with Crippen molar-refractivity contribution in [2.24, 2.45) is 0 Å². The lowest BCUT2D eigenvalue weighted by atomic mass is 9.97. The molecule has 84 valence electrons. The summed E-state index contributed by atoms with van der Waals surface area (Å²) in [5, 5.41) is 17.9. The number of nitrogens with zero attached hydrogens (tertiary/aromatic N) is 2. The fourth-order valence-electron chi connectivity index (χ4n) is 0.870. The number of hydrogen-bond acceptors (Lipinski definition) is 4. The average molecular weight is 287 g/mol. The van der Waals surface area contributed by atoms with Crippen LogP contribution in [0.2, 0.25) is 0 Å². The molecule has 1 unspecified atom stereocenters. The number of halogens is 4. The van der Waals surface area contributed by atoms with Gasteiger partial charge >= 0.3 is 6.18 Å². The molecule has 0 amide bonds. The normalized spacial score (nSPS) is 16.1. The quantitative estimate of drug-likeness (QED) is 0.796. The minimum atomic E-state index is -4.99. The van der Waals surface area contributed by atoms with E-state index in [2.05, 4.69) is 25.9 Å². The Hall–Kier alpha value is -0.730. The lowest BCUT2D eigenvalue weighted by Crippen LogP contribution is -2.45. The molecule has 15 heavy (non-hydrogen) atoms. The zero-order valence-corrected chi connectivity index (χ0v) is 8.75. The fourth-order valence-corrected chi connectivity index (χ4v) is 1.08. The molecular weight excluding hydrogens is 281 g/mol. The molecule has 0 aromatic carbocycles. The first-order chi connectivity index (χ1) is 6.81. The number of rotatable bonds is 2. The van der Waals surface area contributed by atoms with Gasteiger partial charge in [-0.1, -0.05) is 0 Å². The van der Waals surface area contributed by atoms with Crippen molar-refractivity contribution >= 4 is 15.9 Å². The van der Waals surface area contributed by atoms with E-state index in [-0.39, 0.29) is 4.73 Å². The van der Waals surface area contributed by atoms with Crippen LogP contribution in [0, 0.1) is 0 Å². The highest BCUT2D eigenvalue weighted by atomic mass is 79.9. The highest BCUT2D eigenvalue weighted by Gasteiger charge is 2.55. The van der Waals surface area contributed by atoms with Crippen molar-refractivity contribution in [3.8, 4) is 0 Å². The molecule has 1 aromatic heterocycles. The Bertz CT molecular complexity index is 343. The SMILES string of the molecule is OCC(O)(c1cnc(Br)nc1)C(F)(F)F. The molecule has 0 saturated carbocycles. The van der Waals surface area contributed by atoms with E-state index in [9.17, 15) is 18.3 Å². The van der Waals surface area contributed by atoms with E-state index >= 15 is 0 Å². The maximum Gasteiger partial charge on any atom is 0.423 e. The molecule has 0 saturated heterocycles. The number of aliphatic hydroxyl groups is 2. The zero-order chi connectivity index (χ0) is 11.7. The Labute approximate surface area is 90.9 Å². The first kappa shape index (κ1) is 12.3. The van der Waals surface area contributed by atoms with E-state index in [1.54, 1.807) is 0 Å². The van der Waals surface area contributed by atoms with Crippen LogP contribution in [0.25, 0.3) is 0 Å². The molecule has 1 heterocycles. The number of aromatic nitrogens is 2. The van der Waals surface area contributed by atoms with E-state index in [1.807, 2.05) is 0 Å². The first-order valence-corrected chi connectivity index (χ1v) is 4.48. The van der Waals surface area contributed by atoms with Gasteiger partial charge in [-0.15, -0.1) is 0 Å². The molecule has 8 heteroatoms. The predicted molar refractivity (Wildman–Crippen MR) is 46.8 cm³/mol. The van der Waals surface area contributed by atoms with Crippen LogP contribution in [-0.4, -0.2) is 33.0 Å². The molecule has 1 rings (SSSR count).